The van der Waals surface area contributed by atoms with Crippen molar-refractivity contribution in [3.8, 4) is 5.88 Å². The molecule has 0 radical (unpaired) electrons. The molecule has 0 atom stereocenters. The van der Waals surface area contributed by atoms with Crippen LogP contribution in [0.25, 0.3) is 0 Å². The molecule has 7 heteroatoms. The minimum atomic E-state index is -1.13. The summed E-state index contributed by atoms with van der Waals surface area (Å²) in [6, 6.07) is 3.01. The topological polar surface area (TPSA) is 97.8 Å². The zero-order valence-corrected chi connectivity index (χ0v) is 11.8. The van der Waals surface area contributed by atoms with Gasteiger partial charge in [0, 0.05) is 24.9 Å². The number of pyridine rings is 1. The summed E-state index contributed by atoms with van der Waals surface area (Å²) < 4.78 is 10.2. The summed E-state index contributed by atoms with van der Waals surface area (Å²) >= 11 is 0. The van der Waals surface area contributed by atoms with Gasteiger partial charge in [-0.1, -0.05) is 0 Å². The quantitative estimate of drug-likeness (QED) is 0.723. The maximum absolute atomic E-state index is 12.2. The van der Waals surface area contributed by atoms with E-state index in [0.717, 1.165) is 6.42 Å². The van der Waals surface area contributed by atoms with Gasteiger partial charge in [-0.25, -0.2) is 9.78 Å². The molecule has 0 spiro atoms. The average molecular weight is 294 g/mol. The summed E-state index contributed by atoms with van der Waals surface area (Å²) in [7, 11) is 1.56. The van der Waals surface area contributed by atoms with E-state index < -0.39 is 17.4 Å². The minimum Gasteiger partial charge on any atom is -0.480 e. The number of methoxy groups -OCH3 is 1. The molecule has 1 saturated carbocycles. The van der Waals surface area contributed by atoms with Gasteiger partial charge in [0.2, 0.25) is 5.88 Å². The predicted molar refractivity (Wildman–Crippen MR) is 73.3 cm³/mol. The van der Waals surface area contributed by atoms with Gasteiger partial charge in [0.05, 0.1) is 6.61 Å². The predicted octanol–water partition coefficient (Wildman–Crippen LogP) is 0.844. The third kappa shape index (κ3) is 3.49. The number of ether oxygens (including phenoxy) is 2. The number of nitrogens with one attached hydrogen (secondary N) is 1. The normalized spacial score (nSPS) is 15.9. The lowest BCUT2D eigenvalue weighted by Gasteiger charge is -2.38. The minimum absolute atomic E-state index is 0.303. The Morgan fingerprint density at radius 3 is 2.76 bits per heavy atom. The first-order chi connectivity index (χ1) is 10.1. The largest absolute Gasteiger partial charge is 0.480 e. The van der Waals surface area contributed by atoms with Crippen LogP contribution in [0.4, 0.5) is 0 Å². The van der Waals surface area contributed by atoms with E-state index in [1.54, 1.807) is 7.11 Å². The molecule has 0 bridgehead atoms. The van der Waals surface area contributed by atoms with Crippen molar-refractivity contribution in [1.82, 2.24) is 10.3 Å². The van der Waals surface area contributed by atoms with Gasteiger partial charge in [-0.15, -0.1) is 0 Å². The molecule has 0 aliphatic heterocycles. The Labute approximate surface area is 122 Å². The summed E-state index contributed by atoms with van der Waals surface area (Å²) in [5.74, 6) is -1.12. The van der Waals surface area contributed by atoms with Crippen molar-refractivity contribution in [2.24, 2.45) is 0 Å². The number of carboxylic acids is 1. The van der Waals surface area contributed by atoms with Crippen LogP contribution >= 0.6 is 0 Å². The maximum atomic E-state index is 12.2. The van der Waals surface area contributed by atoms with Gasteiger partial charge >= 0.3 is 5.97 Å². The highest BCUT2D eigenvalue weighted by Crippen LogP contribution is 2.32. The lowest BCUT2D eigenvalue weighted by Crippen LogP contribution is -2.59. The molecule has 114 valence electrons. The third-order valence-corrected chi connectivity index (χ3v) is 3.50. The molecule has 0 unspecified atom stereocenters. The van der Waals surface area contributed by atoms with Crippen LogP contribution in [0.3, 0.4) is 0 Å². The summed E-state index contributed by atoms with van der Waals surface area (Å²) in [5.41, 5.74) is -0.804. The van der Waals surface area contributed by atoms with Crippen molar-refractivity contribution in [3.05, 3.63) is 23.9 Å². The number of hydrogen-bond donors (Lipinski definition) is 2. The SMILES string of the molecule is COCCOc1cc(C(=O)NC2(C(=O)O)CCC2)ccn1. The van der Waals surface area contributed by atoms with Gasteiger partial charge < -0.3 is 19.9 Å². The summed E-state index contributed by atoms with van der Waals surface area (Å²) in [6.07, 6.45) is 3.16. The molecule has 0 aromatic carbocycles. The summed E-state index contributed by atoms with van der Waals surface area (Å²) in [4.78, 5) is 27.4. The molecule has 1 amide bonds. The highest BCUT2D eigenvalue weighted by molar-refractivity contribution is 5.98. The lowest BCUT2D eigenvalue weighted by atomic mass is 9.76. The van der Waals surface area contributed by atoms with Crippen LogP contribution in [0.2, 0.25) is 0 Å². The number of rotatable bonds is 7. The molecule has 2 N–H and O–H groups in total. The van der Waals surface area contributed by atoms with Crippen LogP contribution in [0.5, 0.6) is 5.88 Å². The van der Waals surface area contributed by atoms with E-state index in [-0.39, 0.29) is 0 Å². The second-order valence-electron chi connectivity index (χ2n) is 4.92. The smallest absolute Gasteiger partial charge is 0.329 e. The molecule has 1 aromatic rings. The molecule has 7 nitrogen and oxygen atoms in total. The van der Waals surface area contributed by atoms with Crippen LogP contribution in [-0.4, -0.2) is 47.8 Å². The van der Waals surface area contributed by atoms with Crippen molar-refractivity contribution in [1.29, 1.82) is 0 Å². The first-order valence-electron chi connectivity index (χ1n) is 6.71. The maximum Gasteiger partial charge on any atom is 0.329 e. The second-order valence-corrected chi connectivity index (χ2v) is 4.92. The zero-order chi connectivity index (χ0) is 15.3. The first kappa shape index (κ1) is 15.2. The molecular weight excluding hydrogens is 276 g/mol. The Hall–Kier alpha value is -2.15. The Bertz CT molecular complexity index is 528. The first-order valence-corrected chi connectivity index (χ1v) is 6.71. The molecule has 0 saturated heterocycles. The monoisotopic (exact) mass is 294 g/mol. The fourth-order valence-corrected chi connectivity index (χ4v) is 2.07. The number of amides is 1. The van der Waals surface area contributed by atoms with Crippen LogP contribution < -0.4 is 10.1 Å². The molecule has 1 aliphatic rings. The van der Waals surface area contributed by atoms with Crippen LogP contribution in [0.1, 0.15) is 29.6 Å². The zero-order valence-electron chi connectivity index (χ0n) is 11.8. The number of carboxylic acid groups (broad SMARTS) is 1. The lowest BCUT2D eigenvalue weighted by molar-refractivity contribution is -0.148. The summed E-state index contributed by atoms with van der Waals surface area (Å²) in [6.45, 7) is 0.744. The van der Waals surface area contributed by atoms with E-state index in [9.17, 15) is 14.7 Å². The van der Waals surface area contributed by atoms with E-state index in [1.165, 1.54) is 18.3 Å². The Kier molecular flexibility index (Phi) is 4.74. The van der Waals surface area contributed by atoms with Gasteiger partial charge in [-0.05, 0) is 25.3 Å². The number of hydrogen-bond acceptors (Lipinski definition) is 5. The van der Waals surface area contributed by atoms with Crippen molar-refractivity contribution in [3.63, 3.8) is 0 Å². The second kappa shape index (κ2) is 6.53. The Balaban J connectivity index is 2.02. The fraction of sp³-hybridized carbons (Fsp3) is 0.500. The Morgan fingerprint density at radius 2 is 2.19 bits per heavy atom. The van der Waals surface area contributed by atoms with Crippen LogP contribution in [0, 0.1) is 0 Å². The highest BCUT2D eigenvalue weighted by Gasteiger charge is 2.45. The van der Waals surface area contributed by atoms with Gasteiger partial charge in [0.15, 0.2) is 0 Å². The number of carbonyl (C=O) groups excluding carboxylic acids is 1. The average Bonchev–Trinajstić information content (AvgIpc) is 2.43. The van der Waals surface area contributed by atoms with E-state index in [2.05, 4.69) is 10.3 Å². The van der Waals surface area contributed by atoms with E-state index >= 15 is 0 Å². The highest BCUT2D eigenvalue weighted by atomic mass is 16.5. The van der Waals surface area contributed by atoms with Crippen molar-refractivity contribution in [2.75, 3.05) is 20.3 Å². The van der Waals surface area contributed by atoms with Gasteiger partial charge in [-0.3, -0.25) is 4.79 Å². The molecule has 21 heavy (non-hydrogen) atoms. The molecule has 2 rings (SSSR count). The van der Waals surface area contributed by atoms with Crippen LogP contribution in [-0.2, 0) is 9.53 Å². The Morgan fingerprint density at radius 1 is 1.43 bits per heavy atom. The van der Waals surface area contributed by atoms with Crippen molar-refractivity contribution < 1.29 is 24.2 Å². The van der Waals surface area contributed by atoms with Gasteiger partial charge in [0.1, 0.15) is 12.1 Å². The molecule has 1 fully saturated rings. The van der Waals surface area contributed by atoms with Gasteiger partial charge in [0.25, 0.3) is 5.91 Å². The van der Waals surface area contributed by atoms with Gasteiger partial charge in [-0.2, -0.15) is 0 Å². The van der Waals surface area contributed by atoms with Crippen molar-refractivity contribution in [2.45, 2.75) is 24.8 Å². The number of nitrogens with zero attached hydrogens (tertiary/aromatic N) is 1. The molecule has 1 heterocycles. The molecule has 1 aromatic heterocycles. The van der Waals surface area contributed by atoms with E-state index in [4.69, 9.17) is 9.47 Å². The van der Waals surface area contributed by atoms with E-state index in [1.807, 2.05) is 0 Å². The van der Waals surface area contributed by atoms with Crippen molar-refractivity contribution >= 4 is 11.9 Å². The standard InChI is InChI=1S/C14H18N2O5/c1-20-7-8-21-11-9-10(3-6-15-11)12(17)16-14(13(18)19)4-2-5-14/h3,6,9H,2,4-5,7-8H2,1H3,(H,16,17)(H,18,19). The number of aliphatic carboxylic acids is 1. The molecule has 1 aliphatic carbocycles. The number of aromatic nitrogens is 1. The van der Waals surface area contributed by atoms with E-state index in [0.29, 0.717) is 37.5 Å². The third-order valence-electron chi connectivity index (χ3n) is 3.50. The fourth-order valence-electron chi connectivity index (χ4n) is 2.07. The summed E-state index contributed by atoms with van der Waals surface area (Å²) in [5, 5.41) is 11.8. The molecular formula is C14H18N2O5. The number of carbonyl (C=O) groups is 2. The van der Waals surface area contributed by atoms with Crippen LogP contribution in [0.15, 0.2) is 18.3 Å².